The minimum atomic E-state index is 0.389. The summed E-state index contributed by atoms with van der Waals surface area (Å²) in [5.41, 5.74) is 2.63. The lowest BCUT2D eigenvalue weighted by Crippen LogP contribution is -2.56. The molecule has 1 saturated heterocycles. The van der Waals surface area contributed by atoms with Crippen LogP contribution in [0.4, 0.5) is 0 Å². The minimum Gasteiger partial charge on any atom is -0.496 e. The molecule has 0 spiro atoms. The van der Waals surface area contributed by atoms with Gasteiger partial charge in [0.25, 0.3) is 0 Å². The van der Waals surface area contributed by atoms with E-state index in [9.17, 15) is 0 Å². The van der Waals surface area contributed by atoms with E-state index in [0.29, 0.717) is 18.1 Å². The van der Waals surface area contributed by atoms with Crippen molar-refractivity contribution in [1.82, 2.24) is 10.6 Å². The van der Waals surface area contributed by atoms with E-state index >= 15 is 0 Å². The number of piperidine rings is 1. The smallest absolute Gasteiger partial charge is 0.123 e. The van der Waals surface area contributed by atoms with Crippen molar-refractivity contribution in [2.75, 3.05) is 7.11 Å². The van der Waals surface area contributed by atoms with Crippen LogP contribution in [0, 0.1) is 5.92 Å². The minimum absolute atomic E-state index is 0.389. The second kappa shape index (κ2) is 7.59. The zero-order chi connectivity index (χ0) is 17.1. The zero-order valence-electron chi connectivity index (χ0n) is 14.9. The van der Waals surface area contributed by atoms with Gasteiger partial charge in [-0.3, -0.25) is 0 Å². The maximum Gasteiger partial charge on any atom is 0.123 e. The van der Waals surface area contributed by atoms with Crippen LogP contribution in [0.15, 0.2) is 54.6 Å². The highest BCUT2D eigenvalue weighted by Gasteiger charge is 2.39. The highest BCUT2D eigenvalue weighted by atomic mass is 16.5. The Balaban J connectivity index is 1.55. The number of methoxy groups -OCH3 is 1. The summed E-state index contributed by atoms with van der Waals surface area (Å²) < 4.78 is 5.52. The Hall–Kier alpha value is -1.84. The average Bonchev–Trinajstić information content (AvgIpc) is 2.68. The van der Waals surface area contributed by atoms with Gasteiger partial charge >= 0.3 is 0 Å². The van der Waals surface area contributed by atoms with Crippen molar-refractivity contribution >= 4 is 0 Å². The third-order valence-corrected chi connectivity index (χ3v) is 5.88. The predicted molar refractivity (Wildman–Crippen MR) is 102 cm³/mol. The van der Waals surface area contributed by atoms with E-state index in [1.54, 1.807) is 7.11 Å². The van der Waals surface area contributed by atoms with Crippen LogP contribution in [0.2, 0.25) is 0 Å². The van der Waals surface area contributed by atoms with Crippen molar-refractivity contribution in [3.8, 4) is 5.75 Å². The molecule has 3 heteroatoms. The number of ether oxygens (including phenoxy) is 1. The summed E-state index contributed by atoms with van der Waals surface area (Å²) in [6.45, 7) is 0.848. The van der Waals surface area contributed by atoms with Crippen molar-refractivity contribution in [1.29, 1.82) is 0 Å². The molecule has 1 saturated carbocycles. The fourth-order valence-electron chi connectivity index (χ4n) is 4.66. The summed E-state index contributed by atoms with van der Waals surface area (Å²) >= 11 is 0. The summed E-state index contributed by atoms with van der Waals surface area (Å²) in [5, 5.41) is 7.80. The molecule has 2 aromatic rings. The Morgan fingerprint density at radius 3 is 2.68 bits per heavy atom. The van der Waals surface area contributed by atoms with Crippen LogP contribution in [0.1, 0.15) is 42.9 Å². The fourth-order valence-corrected chi connectivity index (χ4v) is 4.66. The first-order chi connectivity index (χ1) is 12.3. The maximum atomic E-state index is 5.52. The van der Waals surface area contributed by atoms with E-state index in [-0.39, 0.29) is 0 Å². The lowest BCUT2D eigenvalue weighted by Gasteiger charge is -2.47. The monoisotopic (exact) mass is 336 g/mol. The number of hydrogen-bond acceptors (Lipinski definition) is 3. The van der Waals surface area contributed by atoms with Crippen molar-refractivity contribution < 1.29 is 4.74 Å². The normalized spacial score (nSPS) is 28.5. The number of para-hydroxylation sites is 1. The summed E-state index contributed by atoms with van der Waals surface area (Å²) in [6.07, 6.45) is 5.30. The Kier molecular flexibility index (Phi) is 5.04. The molecular weight excluding hydrogens is 308 g/mol. The molecule has 2 aliphatic rings. The van der Waals surface area contributed by atoms with Crippen molar-refractivity contribution in [2.24, 2.45) is 5.92 Å². The Morgan fingerprint density at radius 1 is 1.04 bits per heavy atom. The van der Waals surface area contributed by atoms with Crippen LogP contribution < -0.4 is 15.4 Å². The molecular formula is C22H28N2O. The number of benzene rings is 2. The molecule has 2 bridgehead atoms. The number of fused-ring (bicyclic) bond motifs is 2. The molecule has 4 rings (SSSR count). The SMILES string of the molecule is COc1ccccc1CNC1C(c2ccccc2)N[C@@H]2CCC[C@@H]1C2. The summed E-state index contributed by atoms with van der Waals surface area (Å²) in [6, 6.07) is 20.8. The van der Waals surface area contributed by atoms with Crippen molar-refractivity contribution in [3.63, 3.8) is 0 Å². The molecule has 3 nitrogen and oxygen atoms in total. The molecule has 1 aliphatic carbocycles. The van der Waals surface area contributed by atoms with E-state index in [4.69, 9.17) is 4.74 Å². The van der Waals surface area contributed by atoms with Crippen LogP contribution in [-0.2, 0) is 6.54 Å². The Bertz CT molecular complexity index is 687. The van der Waals surface area contributed by atoms with Crippen LogP contribution in [-0.4, -0.2) is 19.2 Å². The first-order valence-corrected chi connectivity index (χ1v) is 9.51. The second-order valence-electron chi connectivity index (χ2n) is 7.40. The largest absolute Gasteiger partial charge is 0.496 e. The van der Waals surface area contributed by atoms with E-state index < -0.39 is 0 Å². The van der Waals surface area contributed by atoms with Gasteiger partial charge in [0, 0.05) is 30.2 Å². The maximum absolute atomic E-state index is 5.52. The summed E-state index contributed by atoms with van der Waals surface area (Å²) in [7, 11) is 1.75. The lowest BCUT2D eigenvalue weighted by atomic mass is 9.73. The molecule has 2 fully saturated rings. The van der Waals surface area contributed by atoms with Crippen LogP contribution in [0.25, 0.3) is 0 Å². The van der Waals surface area contributed by atoms with E-state index in [0.717, 1.165) is 18.2 Å². The van der Waals surface area contributed by atoms with Gasteiger partial charge in [-0.25, -0.2) is 0 Å². The first-order valence-electron chi connectivity index (χ1n) is 9.51. The van der Waals surface area contributed by atoms with Gasteiger partial charge in [-0.2, -0.15) is 0 Å². The highest BCUT2D eigenvalue weighted by molar-refractivity contribution is 5.33. The van der Waals surface area contributed by atoms with E-state index in [1.807, 2.05) is 12.1 Å². The van der Waals surface area contributed by atoms with E-state index in [1.165, 1.54) is 36.8 Å². The second-order valence-corrected chi connectivity index (χ2v) is 7.40. The summed E-state index contributed by atoms with van der Waals surface area (Å²) in [5.74, 6) is 1.72. The van der Waals surface area contributed by atoms with Gasteiger partial charge in [0.2, 0.25) is 0 Å². The van der Waals surface area contributed by atoms with Crippen molar-refractivity contribution in [2.45, 2.75) is 50.4 Å². The third-order valence-electron chi connectivity index (χ3n) is 5.88. The van der Waals surface area contributed by atoms with Gasteiger partial charge < -0.3 is 15.4 Å². The van der Waals surface area contributed by atoms with Gasteiger partial charge in [-0.05, 0) is 36.8 Å². The molecule has 0 aromatic heterocycles. The number of rotatable bonds is 5. The predicted octanol–water partition coefficient (Wildman–Crippen LogP) is 4.06. The third kappa shape index (κ3) is 3.58. The molecule has 0 amide bonds. The van der Waals surface area contributed by atoms with Gasteiger partial charge in [-0.15, -0.1) is 0 Å². The summed E-state index contributed by atoms with van der Waals surface area (Å²) in [4.78, 5) is 0. The van der Waals surface area contributed by atoms with Gasteiger partial charge in [-0.1, -0.05) is 55.0 Å². The number of nitrogens with one attached hydrogen (secondary N) is 2. The van der Waals surface area contributed by atoms with E-state index in [2.05, 4.69) is 53.1 Å². The van der Waals surface area contributed by atoms with Crippen molar-refractivity contribution in [3.05, 3.63) is 65.7 Å². The van der Waals surface area contributed by atoms with Gasteiger partial charge in [0.1, 0.15) is 5.75 Å². The molecule has 132 valence electrons. The number of hydrogen-bond donors (Lipinski definition) is 2. The molecule has 2 unspecified atom stereocenters. The molecule has 2 N–H and O–H groups in total. The average molecular weight is 336 g/mol. The highest BCUT2D eigenvalue weighted by Crippen LogP contribution is 2.38. The van der Waals surface area contributed by atoms with Crippen LogP contribution in [0.3, 0.4) is 0 Å². The molecule has 2 aromatic carbocycles. The fraction of sp³-hybridized carbons (Fsp3) is 0.455. The standard InChI is InChI=1S/C22H28N2O/c1-25-20-13-6-5-10-18(20)15-23-21-17-11-7-12-19(14-17)24-22(21)16-8-3-2-4-9-16/h2-6,8-10,13,17,19,21-24H,7,11-12,14-15H2,1H3/t17-,19-,21?,22?/m1/s1. The zero-order valence-corrected chi connectivity index (χ0v) is 14.9. The molecule has 0 radical (unpaired) electrons. The first kappa shape index (κ1) is 16.6. The molecule has 25 heavy (non-hydrogen) atoms. The van der Waals surface area contributed by atoms with Crippen LogP contribution >= 0.6 is 0 Å². The quantitative estimate of drug-likeness (QED) is 0.864. The molecule has 1 aliphatic heterocycles. The molecule has 4 atom stereocenters. The Labute approximate surface area is 150 Å². The lowest BCUT2D eigenvalue weighted by molar-refractivity contribution is 0.127. The van der Waals surface area contributed by atoms with Gasteiger partial charge in [0.05, 0.1) is 7.11 Å². The molecule has 1 heterocycles. The Morgan fingerprint density at radius 2 is 1.84 bits per heavy atom. The topological polar surface area (TPSA) is 33.3 Å². The van der Waals surface area contributed by atoms with Crippen LogP contribution in [0.5, 0.6) is 5.75 Å². The van der Waals surface area contributed by atoms with Gasteiger partial charge in [0.15, 0.2) is 0 Å².